The second-order valence-corrected chi connectivity index (χ2v) is 7.13. The molecular weight excluding hydrogens is 383 g/mol. The Labute approximate surface area is 168 Å². The normalized spacial score (nSPS) is 15.7. The van der Waals surface area contributed by atoms with Crippen molar-refractivity contribution < 1.29 is 18.7 Å². The zero-order chi connectivity index (χ0) is 20.1. The first-order chi connectivity index (χ1) is 13.4. The molecule has 2 amide bonds. The lowest BCUT2D eigenvalue weighted by atomic mass is 10.2. The minimum absolute atomic E-state index is 0.119. The summed E-state index contributed by atoms with van der Waals surface area (Å²) in [5.41, 5.74) is 0.445. The summed E-state index contributed by atoms with van der Waals surface area (Å²) in [6, 6.07) is 12.4. The lowest BCUT2D eigenvalue weighted by Crippen LogP contribution is -2.43. The first kappa shape index (κ1) is 20.1. The van der Waals surface area contributed by atoms with Crippen LogP contribution in [0.3, 0.4) is 0 Å². The molecule has 1 fully saturated rings. The topological polar surface area (TPSA) is 49.9 Å². The average Bonchev–Trinajstić information content (AvgIpc) is 2.95. The van der Waals surface area contributed by atoms with Gasteiger partial charge in [0.05, 0.1) is 0 Å². The van der Waals surface area contributed by atoms with Crippen LogP contribution >= 0.6 is 11.6 Å². The van der Waals surface area contributed by atoms with E-state index in [-0.39, 0.29) is 17.6 Å². The summed E-state index contributed by atoms with van der Waals surface area (Å²) < 4.78 is 18.8. The number of carbonyl (C=O) groups excluding carboxylic acids is 2. The molecule has 2 aromatic carbocycles. The van der Waals surface area contributed by atoms with Crippen LogP contribution in [0.15, 0.2) is 48.5 Å². The van der Waals surface area contributed by atoms with Gasteiger partial charge in [0.15, 0.2) is 6.10 Å². The van der Waals surface area contributed by atoms with E-state index in [2.05, 4.69) is 0 Å². The second-order valence-electron chi connectivity index (χ2n) is 6.69. The second kappa shape index (κ2) is 9.06. The van der Waals surface area contributed by atoms with Gasteiger partial charge in [-0.05, 0) is 61.9 Å². The lowest BCUT2D eigenvalue weighted by Gasteiger charge is -2.25. The predicted molar refractivity (Wildman–Crippen MR) is 105 cm³/mol. The molecule has 0 radical (unpaired) electrons. The summed E-state index contributed by atoms with van der Waals surface area (Å²) in [5, 5.41) is 0.602. The fourth-order valence-corrected chi connectivity index (χ4v) is 3.27. The van der Waals surface area contributed by atoms with Gasteiger partial charge in [0, 0.05) is 36.8 Å². The SMILES string of the molecule is CC(Oc1ccc(Cl)cc1)C(=O)N1CCCN(C(=O)c2ccc(F)cc2)CC1. The molecule has 0 aliphatic carbocycles. The highest BCUT2D eigenvalue weighted by Crippen LogP contribution is 2.18. The number of hydrogen-bond donors (Lipinski definition) is 0. The van der Waals surface area contributed by atoms with Crippen LogP contribution in [0.5, 0.6) is 5.75 Å². The third-order valence-corrected chi connectivity index (χ3v) is 4.91. The van der Waals surface area contributed by atoms with Gasteiger partial charge in [0.2, 0.25) is 0 Å². The maximum absolute atomic E-state index is 13.1. The molecular formula is C21H22ClFN2O3. The minimum atomic E-state index is -0.638. The Hall–Kier alpha value is -2.60. The maximum atomic E-state index is 13.1. The molecule has 28 heavy (non-hydrogen) atoms. The zero-order valence-corrected chi connectivity index (χ0v) is 16.4. The number of hydrogen-bond acceptors (Lipinski definition) is 3. The van der Waals surface area contributed by atoms with Crippen LogP contribution in [-0.4, -0.2) is 53.9 Å². The van der Waals surface area contributed by atoms with E-state index in [0.717, 1.165) is 0 Å². The molecule has 5 nitrogen and oxygen atoms in total. The highest BCUT2D eigenvalue weighted by atomic mass is 35.5. The number of amides is 2. The van der Waals surface area contributed by atoms with E-state index < -0.39 is 6.10 Å². The van der Waals surface area contributed by atoms with E-state index in [1.54, 1.807) is 41.0 Å². The van der Waals surface area contributed by atoms with E-state index in [1.165, 1.54) is 24.3 Å². The van der Waals surface area contributed by atoms with Crippen molar-refractivity contribution in [2.45, 2.75) is 19.4 Å². The van der Waals surface area contributed by atoms with Gasteiger partial charge in [-0.1, -0.05) is 11.6 Å². The highest BCUT2D eigenvalue weighted by molar-refractivity contribution is 6.30. The van der Waals surface area contributed by atoms with Crippen molar-refractivity contribution in [3.63, 3.8) is 0 Å². The average molecular weight is 405 g/mol. The molecule has 0 bridgehead atoms. The van der Waals surface area contributed by atoms with Crippen molar-refractivity contribution in [3.8, 4) is 5.75 Å². The quantitative estimate of drug-likeness (QED) is 0.782. The summed E-state index contributed by atoms with van der Waals surface area (Å²) in [6.07, 6.45) is 0.0346. The van der Waals surface area contributed by atoms with Crippen molar-refractivity contribution in [1.82, 2.24) is 9.80 Å². The fraction of sp³-hybridized carbons (Fsp3) is 0.333. The van der Waals surface area contributed by atoms with Gasteiger partial charge in [-0.25, -0.2) is 4.39 Å². The van der Waals surface area contributed by atoms with E-state index in [9.17, 15) is 14.0 Å². The monoisotopic (exact) mass is 404 g/mol. The number of benzene rings is 2. The molecule has 1 aliphatic rings. The van der Waals surface area contributed by atoms with E-state index >= 15 is 0 Å². The van der Waals surface area contributed by atoms with Crippen LogP contribution in [0, 0.1) is 5.82 Å². The Kier molecular flexibility index (Phi) is 6.52. The van der Waals surface area contributed by atoms with E-state index in [4.69, 9.17) is 16.3 Å². The van der Waals surface area contributed by atoms with Crippen molar-refractivity contribution in [1.29, 1.82) is 0 Å². The summed E-state index contributed by atoms with van der Waals surface area (Å²) in [4.78, 5) is 28.8. The molecule has 7 heteroatoms. The molecule has 0 N–H and O–H groups in total. The summed E-state index contributed by atoms with van der Waals surface area (Å²) in [7, 11) is 0. The van der Waals surface area contributed by atoms with Gasteiger partial charge in [-0.15, -0.1) is 0 Å². The van der Waals surface area contributed by atoms with Crippen LogP contribution in [0.1, 0.15) is 23.7 Å². The van der Waals surface area contributed by atoms with Gasteiger partial charge in [0.1, 0.15) is 11.6 Å². The van der Waals surface area contributed by atoms with Crippen LogP contribution < -0.4 is 4.74 Å². The van der Waals surface area contributed by atoms with E-state index in [0.29, 0.717) is 48.9 Å². The zero-order valence-electron chi connectivity index (χ0n) is 15.6. The molecule has 1 saturated heterocycles. The Bertz CT molecular complexity index is 827. The molecule has 1 aliphatic heterocycles. The molecule has 3 rings (SSSR count). The van der Waals surface area contributed by atoms with Crippen molar-refractivity contribution in [2.75, 3.05) is 26.2 Å². The third-order valence-electron chi connectivity index (χ3n) is 4.66. The van der Waals surface area contributed by atoms with E-state index in [1.807, 2.05) is 0 Å². The van der Waals surface area contributed by atoms with Gasteiger partial charge >= 0.3 is 0 Å². The van der Waals surface area contributed by atoms with Gasteiger partial charge in [-0.3, -0.25) is 9.59 Å². The molecule has 148 valence electrons. The Morgan fingerprint density at radius 1 is 0.964 bits per heavy atom. The van der Waals surface area contributed by atoms with Crippen LogP contribution in [0.25, 0.3) is 0 Å². The van der Waals surface area contributed by atoms with Crippen LogP contribution in [0.2, 0.25) is 5.02 Å². The molecule has 0 aromatic heterocycles. The molecule has 1 unspecified atom stereocenters. The summed E-state index contributed by atoms with van der Waals surface area (Å²) in [5.74, 6) is -0.0714. The van der Waals surface area contributed by atoms with Crippen LogP contribution in [-0.2, 0) is 4.79 Å². The van der Waals surface area contributed by atoms with Crippen LogP contribution in [0.4, 0.5) is 4.39 Å². The summed E-state index contributed by atoms with van der Waals surface area (Å²) in [6.45, 7) is 3.67. The first-order valence-corrected chi connectivity index (χ1v) is 9.57. The highest BCUT2D eigenvalue weighted by Gasteiger charge is 2.26. The fourth-order valence-electron chi connectivity index (χ4n) is 3.14. The number of halogens is 2. The number of carbonyl (C=O) groups is 2. The van der Waals surface area contributed by atoms with Gasteiger partial charge < -0.3 is 14.5 Å². The number of rotatable bonds is 4. The first-order valence-electron chi connectivity index (χ1n) is 9.20. The Morgan fingerprint density at radius 3 is 2.25 bits per heavy atom. The summed E-state index contributed by atoms with van der Waals surface area (Å²) >= 11 is 5.86. The van der Waals surface area contributed by atoms with Crippen molar-refractivity contribution >= 4 is 23.4 Å². The van der Waals surface area contributed by atoms with Gasteiger partial charge in [0.25, 0.3) is 11.8 Å². The molecule has 0 spiro atoms. The minimum Gasteiger partial charge on any atom is -0.481 e. The molecule has 2 aromatic rings. The largest absolute Gasteiger partial charge is 0.481 e. The molecule has 0 saturated carbocycles. The van der Waals surface area contributed by atoms with Crippen molar-refractivity contribution in [2.24, 2.45) is 0 Å². The molecule has 1 heterocycles. The smallest absolute Gasteiger partial charge is 0.263 e. The molecule has 1 atom stereocenters. The third kappa shape index (κ3) is 5.01. The Morgan fingerprint density at radius 2 is 1.57 bits per heavy atom. The standard InChI is InChI=1S/C21H22ClFN2O3/c1-15(28-19-9-5-17(22)6-10-19)20(26)24-11-2-12-25(14-13-24)21(27)16-3-7-18(23)8-4-16/h3-10,15H,2,11-14H2,1H3. The predicted octanol–water partition coefficient (Wildman–Crippen LogP) is 3.62. The maximum Gasteiger partial charge on any atom is 0.263 e. The number of ether oxygens (including phenoxy) is 1. The lowest BCUT2D eigenvalue weighted by molar-refractivity contribution is -0.137. The van der Waals surface area contributed by atoms with Gasteiger partial charge in [-0.2, -0.15) is 0 Å². The number of nitrogens with zero attached hydrogens (tertiary/aromatic N) is 2. The Balaban J connectivity index is 1.57. The van der Waals surface area contributed by atoms with Crippen molar-refractivity contribution in [3.05, 3.63) is 64.9 Å².